The van der Waals surface area contributed by atoms with Gasteiger partial charge in [0, 0.05) is 20.6 Å². The maximum atomic E-state index is 10.3. The van der Waals surface area contributed by atoms with E-state index in [1.807, 2.05) is 25.6 Å². The Morgan fingerprint density at radius 3 is 2.44 bits per heavy atom. The highest BCUT2D eigenvalue weighted by atomic mass is 79.9. The number of aryl methyl sites for hydroxylation is 2. The minimum absolute atomic E-state index is 0.156. The smallest absolute Gasteiger partial charge is 0.0859 e. The lowest BCUT2D eigenvalue weighted by Gasteiger charge is -2.25. The van der Waals surface area contributed by atoms with Gasteiger partial charge in [0.05, 0.1) is 28.1 Å². The molecule has 0 aliphatic carbocycles. The zero-order chi connectivity index (χ0) is 13.9. The summed E-state index contributed by atoms with van der Waals surface area (Å²) in [5, 5.41) is 14.7. The van der Waals surface area contributed by atoms with E-state index in [2.05, 4.69) is 28.0 Å². The van der Waals surface area contributed by atoms with Crippen molar-refractivity contribution < 1.29 is 9.84 Å². The van der Waals surface area contributed by atoms with E-state index in [0.29, 0.717) is 6.42 Å². The quantitative estimate of drug-likeness (QED) is 0.875. The van der Waals surface area contributed by atoms with Crippen LogP contribution in [0.15, 0.2) is 4.47 Å². The predicted octanol–water partition coefficient (Wildman–Crippen LogP) is 2.32. The summed E-state index contributed by atoms with van der Waals surface area (Å²) in [7, 11) is 3.55. The van der Waals surface area contributed by atoms with E-state index in [-0.39, 0.29) is 12.0 Å². The molecule has 1 rings (SSSR count). The lowest BCUT2D eigenvalue weighted by Crippen LogP contribution is -2.35. The topological polar surface area (TPSA) is 47.3 Å². The molecule has 18 heavy (non-hydrogen) atoms. The molecule has 0 saturated carbocycles. The van der Waals surface area contributed by atoms with E-state index in [1.165, 1.54) is 0 Å². The summed E-state index contributed by atoms with van der Waals surface area (Å²) in [6, 6.07) is 0. The SMILES string of the molecule is CCc1nn(C)c(CC(O)C(OC)C(C)C)c1Br. The molecule has 0 saturated heterocycles. The second-order valence-electron chi connectivity index (χ2n) is 4.90. The number of halogens is 1. The fourth-order valence-corrected chi connectivity index (χ4v) is 3.01. The Bertz CT molecular complexity index is 391. The van der Waals surface area contributed by atoms with Gasteiger partial charge in [-0.1, -0.05) is 20.8 Å². The third kappa shape index (κ3) is 3.33. The average molecular weight is 319 g/mol. The predicted molar refractivity (Wildman–Crippen MR) is 75.6 cm³/mol. The summed E-state index contributed by atoms with van der Waals surface area (Å²) < 4.78 is 8.20. The van der Waals surface area contributed by atoms with E-state index < -0.39 is 6.10 Å². The van der Waals surface area contributed by atoms with Gasteiger partial charge in [0.1, 0.15) is 0 Å². The van der Waals surface area contributed by atoms with Crippen molar-refractivity contribution in [2.75, 3.05) is 7.11 Å². The van der Waals surface area contributed by atoms with Crippen molar-refractivity contribution in [2.45, 2.75) is 45.8 Å². The monoisotopic (exact) mass is 318 g/mol. The van der Waals surface area contributed by atoms with Gasteiger partial charge in [-0.25, -0.2) is 0 Å². The number of hydrogen-bond donors (Lipinski definition) is 1. The van der Waals surface area contributed by atoms with Crippen LogP contribution in [-0.4, -0.2) is 34.2 Å². The van der Waals surface area contributed by atoms with Crippen molar-refractivity contribution in [3.8, 4) is 0 Å². The molecule has 2 unspecified atom stereocenters. The number of rotatable bonds is 6. The number of hydrogen-bond acceptors (Lipinski definition) is 3. The van der Waals surface area contributed by atoms with Crippen molar-refractivity contribution in [1.82, 2.24) is 9.78 Å². The molecule has 0 aromatic carbocycles. The van der Waals surface area contributed by atoms with Gasteiger partial charge in [-0.05, 0) is 28.3 Å². The molecule has 0 radical (unpaired) electrons. The average Bonchev–Trinajstić information content (AvgIpc) is 2.56. The second kappa shape index (κ2) is 6.68. The van der Waals surface area contributed by atoms with Gasteiger partial charge in [0.25, 0.3) is 0 Å². The Morgan fingerprint density at radius 2 is 2.06 bits per heavy atom. The van der Waals surface area contributed by atoms with Crippen LogP contribution < -0.4 is 0 Å². The number of aliphatic hydroxyl groups is 1. The van der Waals surface area contributed by atoms with Gasteiger partial charge in [-0.3, -0.25) is 4.68 Å². The van der Waals surface area contributed by atoms with Crippen LogP contribution in [-0.2, 0) is 24.6 Å². The third-order valence-electron chi connectivity index (χ3n) is 3.21. The first kappa shape index (κ1) is 15.7. The Morgan fingerprint density at radius 1 is 1.44 bits per heavy atom. The van der Waals surface area contributed by atoms with Gasteiger partial charge in [-0.15, -0.1) is 0 Å². The first-order valence-electron chi connectivity index (χ1n) is 6.33. The number of aromatic nitrogens is 2. The molecule has 1 heterocycles. The van der Waals surface area contributed by atoms with E-state index in [4.69, 9.17) is 4.74 Å². The third-order valence-corrected chi connectivity index (χ3v) is 4.13. The number of nitrogens with zero attached hydrogens (tertiary/aromatic N) is 2. The van der Waals surface area contributed by atoms with Gasteiger partial charge in [0.2, 0.25) is 0 Å². The van der Waals surface area contributed by atoms with Crippen molar-refractivity contribution in [2.24, 2.45) is 13.0 Å². The lowest BCUT2D eigenvalue weighted by atomic mass is 9.98. The van der Waals surface area contributed by atoms with Crippen LogP contribution in [0.1, 0.15) is 32.2 Å². The van der Waals surface area contributed by atoms with Crippen molar-refractivity contribution in [1.29, 1.82) is 0 Å². The molecular formula is C13H23BrN2O2. The molecule has 0 amide bonds. The molecule has 4 nitrogen and oxygen atoms in total. The second-order valence-corrected chi connectivity index (χ2v) is 5.69. The van der Waals surface area contributed by atoms with Crippen molar-refractivity contribution in [3.63, 3.8) is 0 Å². The molecule has 0 fully saturated rings. The standard InChI is InChI=1S/C13H23BrN2O2/c1-6-9-12(14)10(16(4)15-9)7-11(17)13(18-5)8(2)3/h8,11,13,17H,6-7H2,1-5H3. The molecule has 0 aliphatic heterocycles. The van der Waals surface area contributed by atoms with Crippen LogP contribution in [0.4, 0.5) is 0 Å². The highest BCUT2D eigenvalue weighted by Gasteiger charge is 2.25. The molecule has 1 aromatic heterocycles. The summed E-state index contributed by atoms with van der Waals surface area (Å²) in [4.78, 5) is 0. The van der Waals surface area contributed by atoms with E-state index >= 15 is 0 Å². The Balaban J connectivity index is 2.87. The van der Waals surface area contributed by atoms with Gasteiger partial charge < -0.3 is 9.84 Å². The maximum Gasteiger partial charge on any atom is 0.0859 e. The zero-order valence-electron chi connectivity index (χ0n) is 11.8. The van der Waals surface area contributed by atoms with Gasteiger partial charge in [-0.2, -0.15) is 5.10 Å². The van der Waals surface area contributed by atoms with Gasteiger partial charge in [0.15, 0.2) is 0 Å². The van der Waals surface area contributed by atoms with Crippen LogP contribution >= 0.6 is 15.9 Å². The molecule has 104 valence electrons. The Kier molecular flexibility index (Phi) is 5.82. The van der Waals surface area contributed by atoms with Crippen LogP contribution in [0, 0.1) is 5.92 Å². The van der Waals surface area contributed by atoms with Crippen LogP contribution in [0.3, 0.4) is 0 Å². The van der Waals surface area contributed by atoms with E-state index in [1.54, 1.807) is 7.11 Å². The summed E-state index contributed by atoms with van der Waals surface area (Å²) >= 11 is 3.56. The minimum atomic E-state index is -0.522. The normalized spacial score (nSPS) is 15.1. The Hall–Kier alpha value is -0.390. The number of aliphatic hydroxyl groups excluding tert-OH is 1. The summed E-state index contributed by atoms with van der Waals surface area (Å²) in [6.45, 7) is 6.17. The lowest BCUT2D eigenvalue weighted by molar-refractivity contribution is -0.0375. The molecular weight excluding hydrogens is 296 g/mol. The van der Waals surface area contributed by atoms with Crippen molar-refractivity contribution >= 4 is 15.9 Å². The molecule has 0 spiro atoms. The number of methoxy groups -OCH3 is 1. The highest BCUT2D eigenvalue weighted by Crippen LogP contribution is 2.24. The first-order valence-corrected chi connectivity index (χ1v) is 7.12. The largest absolute Gasteiger partial charge is 0.390 e. The highest BCUT2D eigenvalue weighted by molar-refractivity contribution is 9.10. The summed E-state index contributed by atoms with van der Waals surface area (Å²) in [5.74, 6) is 0.280. The molecule has 1 N–H and O–H groups in total. The van der Waals surface area contributed by atoms with E-state index in [9.17, 15) is 5.11 Å². The molecule has 1 aromatic rings. The van der Waals surface area contributed by atoms with Crippen LogP contribution in [0.2, 0.25) is 0 Å². The molecule has 5 heteroatoms. The van der Waals surface area contributed by atoms with Crippen LogP contribution in [0.25, 0.3) is 0 Å². The molecule has 2 atom stereocenters. The Labute approximate surface area is 117 Å². The number of ether oxygens (including phenoxy) is 1. The van der Waals surface area contributed by atoms with Crippen LogP contribution in [0.5, 0.6) is 0 Å². The minimum Gasteiger partial charge on any atom is -0.390 e. The maximum absolute atomic E-state index is 10.3. The fourth-order valence-electron chi connectivity index (χ4n) is 2.23. The van der Waals surface area contributed by atoms with Crippen molar-refractivity contribution in [3.05, 3.63) is 15.9 Å². The van der Waals surface area contributed by atoms with Gasteiger partial charge >= 0.3 is 0 Å². The molecule has 0 aliphatic rings. The zero-order valence-corrected chi connectivity index (χ0v) is 13.4. The summed E-state index contributed by atoms with van der Waals surface area (Å²) in [6.07, 6.45) is 0.742. The fraction of sp³-hybridized carbons (Fsp3) is 0.769. The summed E-state index contributed by atoms with van der Waals surface area (Å²) in [5.41, 5.74) is 2.04. The first-order chi connectivity index (χ1) is 8.42. The molecule has 0 bridgehead atoms. The van der Waals surface area contributed by atoms with E-state index in [0.717, 1.165) is 22.3 Å².